The van der Waals surface area contributed by atoms with Gasteiger partial charge in [0.1, 0.15) is 0 Å². The Hall–Kier alpha value is -1.62. The molecule has 5 aliphatic carbocycles. The van der Waals surface area contributed by atoms with Crippen molar-refractivity contribution in [2.24, 2.45) is 44.8 Å². The molecule has 3 saturated carbocycles. The first-order valence-corrected chi connectivity index (χ1v) is 16.2. The van der Waals surface area contributed by atoms with Crippen LogP contribution >= 0.6 is 0 Å². The maximum atomic E-state index is 12.9. The van der Waals surface area contributed by atoms with Crippen LogP contribution in [0.3, 0.4) is 0 Å². The normalized spacial score (nSPS) is 43.0. The van der Waals surface area contributed by atoms with E-state index >= 15 is 0 Å². The number of hydrogen-bond donors (Lipinski definition) is 1. The molecule has 0 aliphatic heterocycles. The van der Waals surface area contributed by atoms with Crippen LogP contribution in [0.5, 0.6) is 0 Å². The van der Waals surface area contributed by atoms with Crippen molar-refractivity contribution in [3.63, 3.8) is 0 Å². The molecule has 0 bridgehead atoms. The second kappa shape index (κ2) is 8.71. The number of fused-ring (bicyclic) bond motifs is 8. The van der Waals surface area contributed by atoms with Crippen molar-refractivity contribution in [1.82, 2.24) is 14.7 Å². The molecule has 0 unspecified atom stereocenters. The average Bonchev–Trinajstić information content (AvgIpc) is 3.26. The Morgan fingerprint density at radius 2 is 1.73 bits per heavy atom. The van der Waals surface area contributed by atoms with Gasteiger partial charge in [-0.1, -0.05) is 60.1 Å². The summed E-state index contributed by atoms with van der Waals surface area (Å²) < 4.78 is 2.21. The van der Waals surface area contributed by atoms with E-state index in [0.29, 0.717) is 11.8 Å². The van der Waals surface area contributed by atoms with E-state index in [1.54, 1.807) is 0 Å². The van der Waals surface area contributed by atoms with Crippen molar-refractivity contribution in [3.05, 3.63) is 29.1 Å². The number of carboxylic acid groups (broad SMARTS) is 1. The molecule has 0 saturated heterocycles. The predicted octanol–water partition coefficient (Wildman–Crippen LogP) is 7.34. The number of aliphatic carboxylic acids is 1. The van der Waals surface area contributed by atoms with Crippen molar-refractivity contribution in [1.29, 1.82) is 0 Å². The highest BCUT2D eigenvalue weighted by Crippen LogP contribution is 2.75. The number of allylic oxidation sites excluding steroid dienone is 2. The average molecular weight is 550 g/mol. The van der Waals surface area contributed by atoms with E-state index in [-0.39, 0.29) is 33.0 Å². The van der Waals surface area contributed by atoms with Crippen LogP contribution in [0.15, 0.2) is 17.8 Å². The quantitative estimate of drug-likeness (QED) is 0.399. The largest absolute Gasteiger partial charge is 0.481 e. The Labute approximate surface area is 243 Å². The molecule has 5 nitrogen and oxygen atoms in total. The summed E-state index contributed by atoms with van der Waals surface area (Å²) in [6.45, 7) is 19.4. The van der Waals surface area contributed by atoms with Crippen molar-refractivity contribution >= 4 is 5.97 Å². The van der Waals surface area contributed by atoms with Crippen LogP contribution in [0.25, 0.3) is 0 Å². The van der Waals surface area contributed by atoms with Gasteiger partial charge in [-0.15, -0.1) is 0 Å². The third-order valence-corrected chi connectivity index (χ3v) is 14.0. The number of carbonyl (C=O) groups is 1. The Kier molecular flexibility index (Phi) is 6.20. The van der Waals surface area contributed by atoms with Crippen molar-refractivity contribution in [2.45, 2.75) is 118 Å². The van der Waals surface area contributed by atoms with Crippen LogP contribution in [0, 0.1) is 44.8 Å². The zero-order chi connectivity index (χ0) is 29.1. The van der Waals surface area contributed by atoms with E-state index in [9.17, 15) is 9.90 Å². The molecule has 7 atom stereocenters. The topological polar surface area (TPSA) is 58.4 Å². The minimum absolute atomic E-state index is 0.0519. The number of hydrogen-bond acceptors (Lipinski definition) is 3. The fourth-order valence-corrected chi connectivity index (χ4v) is 11.6. The molecular formula is C35H55N3O2. The van der Waals surface area contributed by atoms with Crippen LogP contribution in [0.1, 0.15) is 111 Å². The van der Waals surface area contributed by atoms with Crippen molar-refractivity contribution < 1.29 is 9.90 Å². The lowest BCUT2D eigenvalue weighted by molar-refractivity contribution is -0.177. The molecule has 222 valence electrons. The Morgan fingerprint density at radius 3 is 2.40 bits per heavy atom. The molecule has 5 aliphatic rings. The summed E-state index contributed by atoms with van der Waals surface area (Å²) in [6.07, 6.45) is 14.4. The summed E-state index contributed by atoms with van der Waals surface area (Å²) in [7, 11) is 4.27. The van der Waals surface area contributed by atoms with Crippen LogP contribution in [0.4, 0.5) is 0 Å². The molecule has 0 radical (unpaired) electrons. The predicted molar refractivity (Wildman–Crippen MR) is 161 cm³/mol. The van der Waals surface area contributed by atoms with Crippen LogP contribution in [-0.2, 0) is 23.2 Å². The van der Waals surface area contributed by atoms with E-state index in [4.69, 9.17) is 5.10 Å². The third kappa shape index (κ3) is 3.67. The standard InChI is InChI=1S/C35H55N3O2/c1-30(2)14-16-35(29(39)40)17-15-33(6)24(25(35)21-30)10-11-27-32(5)20-23-22-38(19-18-37(8)9)36-28(23)31(3,4)26(32)12-13-34(27,33)7/h10,22,25-27H,11-21H2,1-9H3,(H,39,40)/t25-,26-,27+,32-,33+,34+,35-/m0/s1. The molecule has 0 amide bonds. The van der Waals surface area contributed by atoms with Gasteiger partial charge in [-0.2, -0.15) is 5.10 Å². The molecular weight excluding hydrogens is 494 g/mol. The van der Waals surface area contributed by atoms with Crippen molar-refractivity contribution in [3.8, 4) is 0 Å². The van der Waals surface area contributed by atoms with Gasteiger partial charge in [-0.05, 0) is 117 Å². The van der Waals surface area contributed by atoms with Gasteiger partial charge in [0.05, 0.1) is 17.7 Å². The van der Waals surface area contributed by atoms with Gasteiger partial charge in [-0.25, -0.2) is 0 Å². The molecule has 40 heavy (non-hydrogen) atoms. The van der Waals surface area contributed by atoms with Crippen LogP contribution < -0.4 is 0 Å². The van der Waals surface area contributed by atoms with Gasteiger partial charge >= 0.3 is 5.97 Å². The van der Waals surface area contributed by atoms with E-state index < -0.39 is 11.4 Å². The van der Waals surface area contributed by atoms with E-state index in [0.717, 1.165) is 58.0 Å². The zero-order valence-electron chi connectivity index (χ0n) is 26.9. The van der Waals surface area contributed by atoms with Gasteiger partial charge in [0.25, 0.3) is 0 Å². The number of aromatic nitrogens is 2. The highest BCUT2D eigenvalue weighted by atomic mass is 16.4. The lowest BCUT2D eigenvalue weighted by Crippen LogP contribution is -2.64. The lowest BCUT2D eigenvalue weighted by atomic mass is 9.33. The number of rotatable bonds is 4. The van der Waals surface area contributed by atoms with Gasteiger partial charge in [0, 0.05) is 18.2 Å². The van der Waals surface area contributed by atoms with Crippen LogP contribution in [-0.4, -0.2) is 46.4 Å². The molecule has 1 heterocycles. The SMILES string of the molecule is CN(C)CCn1cc2c(n1)C(C)(C)[C@@H]1CC[C@]3(C)[C@H](CC=C4[C@@H]5CC(C)(C)CC[C@]5(C(=O)O)CC[C@]43C)[C@@]1(C)C2. The highest BCUT2D eigenvalue weighted by molar-refractivity contribution is 5.76. The summed E-state index contributed by atoms with van der Waals surface area (Å²) in [5, 5.41) is 15.8. The zero-order valence-corrected chi connectivity index (χ0v) is 26.9. The first kappa shape index (κ1) is 28.5. The lowest BCUT2D eigenvalue weighted by Gasteiger charge is -2.70. The monoisotopic (exact) mass is 549 g/mol. The van der Waals surface area contributed by atoms with Gasteiger partial charge in [0.15, 0.2) is 0 Å². The third-order valence-electron chi connectivity index (χ3n) is 14.0. The molecule has 6 rings (SSSR count). The molecule has 3 fully saturated rings. The molecule has 0 spiro atoms. The first-order chi connectivity index (χ1) is 18.5. The summed E-state index contributed by atoms with van der Waals surface area (Å²) in [5.74, 6) is 0.850. The fourth-order valence-electron chi connectivity index (χ4n) is 11.6. The summed E-state index contributed by atoms with van der Waals surface area (Å²) in [4.78, 5) is 15.2. The number of nitrogens with zero attached hydrogens (tertiary/aromatic N) is 3. The second-order valence-corrected chi connectivity index (χ2v) is 17.1. The fraction of sp³-hybridized carbons (Fsp3) is 0.829. The van der Waals surface area contributed by atoms with Gasteiger partial charge in [-0.3, -0.25) is 9.48 Å². The molecule has 0 aromatic carbocycles. The van der Waals surface area contributed by atoms with E-state index in [1.165, 1.54) is 29.7 Å². The van der Waals surface area contributed by atoms with Gasteiger partial charge in [0.2, 0.25) is 0 Å². The smallest absolute Gasteiger partial charge is 0.310 e. The number of likely N-dealkylation sites (N-methyl/N-ethyl adjacent to an activating group) is 1. The molecule has 1 aromatic heterocycles. The Balaban J connectivity index is 1.41. The maximum absolute atomic E-state index is 12.9. The minimum Gasteiger partial charge on any atom is -0.481 e. The van der Waals surface area contributed by atoms with Crippen LogP contribution in [0.2, 0.25) is 0 Å². The molecule has 1 N–H and O–H groups in total. The Morgan fingerprint density at radius 1 is 1.02 bits per heavy atom. The van der Waals surface area contributed by atoms with Gasteiger partial charge < -0.3 is 10.0 Å². The van der Waals surface area contributed by atoms with E-state index in [2.05, 4.69) is 84.4 Å². The first-order valence-electron chi connectivity index (χ1n) is 16.2. The number of carboxylic acids is 1. The van der Waals surface area contributed by atoms with E-state index in [1.807, 2.05) is 0 Å². The summed E-state index contributed by atoms with van der Waals surface area (Å²) >= 11 is 0. The second-order valence-electron chi connectivity index (χ2n) is 17.1. The molecule has 5 heteroatoms. The summed E-state index contributed by atoms with van der Waals surface area (Å²) in [6, 6.07) is 0. The Bertz CT molecular complexity index is 1240. The van der Waals surface area contributed by atoms with Crippen molar-refractivity contribution in [2.75, 3.05) is 20.6 Å². The minimum atomic E-state index is -0.561. The molecule has 1 aromatic rings. The highest BCUT2D eigenvalue weighted by Gasteiger charge is 2.69. The summed E-state index contributed by atoms with van der Waals surface area (Å²) in [5.41, 5.74) is 4.49. The maximum Gasteiger partial charge on any atom is 0.310 e.